The van der Waals surface area contributed by atoms with Gasteiger partial charge in [0.1, 0.15) is 0 Å². The number of esters is 2. The monoisotopic (exact) mass is 280 g/mol. The van der Waals surface area contributed by atoms with Gasteiger partial charge in [-0.15, -0.1) is 0 Å². The smallest absolute Gasteiger partial charge is 0.334 e. The van der Waals surface area contributed by atoms with Crippen molar-refractivity contribution in [3.05, 3.63) is 0 Å². The van der Waals surface area contributed by atoms with Crippen molar-refractivity contribution in [2.24, 2.45) is 5.92 Å². The average molecular weight is 281 g/mol. The summed E-state index contributed by atoms with van der Waals surface area (Å²) in [6, 6.07) is 0. The highest BCUT2D eigenvalue weighted by Crippen LogP contribution is 2.31. The third kappa shape index (κ3) is 3.19. The summed E-state index contributed by atoms with van der Waals surface area (Å²) in [6.45, 7) is 7.36. The van der Waals surface area contributed by atoms with Crippen LogP contribution in [-0.2, 0) is 19.1 Å². The van der Waals surface area contributed by atoms with Gasteiger partial charge in [0, 0.05) is 0 Å². The van der Waals surface area contributed by atoms with Crippen molar-refractivity contribution in [1.29, 1.82) is 0 Å². The SMILES string of the molecule is CCOC(=O)C(Br)(C(=O)OCC)C(C)C. The highest BCUT2D eigenvalue weighted by molar-refractivity contribution is 9.10. The van der Waals surface area contributed by atoms with Crippen molar-refractivity contribution in [1.82, 2.24) is 0 Å². The second-order valence-electron chi connectivity index (χ2n) is 3.31. The zero-order chi connectivity index (χ0) is 12.1. The standard InChI is InChI=1S/C10H17BrO4/c1-5-14-8(12)10(11,7(3)4)9(13)15-6-2/h7H,5-6H2,1-4H3. The summed E-state index contributed by atoms with van der Waals surface area (Å²) in [7, 11) is 0. The lowest BCUT2D eigenvalue weighted by atomic mass is 9.96. The van der Waals surface area contributed by atoms with E-state index in [9.17, 15) is 9.59 Å². The lowest BCUT2D eigenvalue weighted by molar-refractivity contribution is -0.160. The van der Waals surface area contributed by atoms with Crippen LogP contribution >= 0.6 is 15.9 Å². The van der Waals surface area contributed by atoms with Gasteiger partial charge >= 0.3 is 11.9 Å². The Bertz CT molecular complexity index is 220. The number of rotatable bonds is 5. The van der Waals surface area contributed by atoms with Gasteiger partial charge in [-0.1, -0.05) is 29.8 Å². The molecule has 0 atom stereocenters. The van der Waals surface area contributed by atoms with Crippen molar-refractivity contribution in [3.8, 4) is 0 Å². The van der Waals surface area contributed by atoms with E-state index in [1.54, 1.807) is 27.7 Å². The van der Waals surface area contributed by atoms with Crippen LogP contribution in [0.4, 0.5) is 0 Å². The van der Waals surface area contributed by atoms with Crippen LogP contribution in [0, 0.1) is 5.92 Å². The molecule has 0 aliphatic carbocycles. The van der Waals surface area contributed by atoms with Crippen LogP contribution in [0.15, 0.2) is 0 Å². The fourth-order valence-electron chi connectivity index (χ4n) is 1.03. The first-order valence-corrected chi connectivity index (χ1v) is 5.73. The largest absolute Gasteiger partial charge is 0.464 e. The second kappa shape index (κ2) is 6.10. The Morgan fingerprint density at radius 1 is 1.13 bits per heavy atom. The van der Waals surface area contributed by atoms with E-state index in [1.807, 2.05) is 0 Å². The summed E-state index contributed by atoms with van der Waals surface area (Å²) in [4.78, 5) is 23.3. The second-order valence-corrected chi connectivity index (χ2v) is 4.56. The number of halogens is 1. The molecule has 0 amide bonds. The van der Waals surface area contributed by atoms with Crippen molar-refractivity contribution in [3.63, 3.8) is 0 Å². The van der Waals surface area contributed by atoms with Crippen LogP contribution in [0.2, 0.25) is 0 Å². The number of carbonyl (C=O) groups excluding carboxylic acids is 2. The van der Waals surface area contributed by atoms with Crippen LogP contribution in [-0.4, -0.2) is 29.5 Å². The highest BCUT2D eigenvalue weighted by atomic mass is 79.9. The average Bonchev–Trinajstić information content (AvgIpc) is 2.16. The predicted octanol–water partition coefficient (Wildman–Crippen LogP) is 1.90. The lowest BCUT2D eigenvalue weighted by Gasteiger charge is -2.26. The molecule has 0 aromatic carbocycles. The molecule has 0 aliphatic heterocycles. The first kappa shape index (κ1) is 14.4. The summed E-state index contributed by atoms with van der Waals surface area (Å²) in [5, 5.41) is 0. The number of alkyl halides is 1. The van der Waals surface area contributed by atoms with Crippen LogP contribution in [0.3, 0.4) is 0 Å². The first-order chi connectivity index (χ1) is 6.91. The molecule has 0 aromatic heterocycles. The fourth-order valence-corrected chi connectivity index (χ4v) is 1.26. The number of carbonyl (C=O) groups is 2. The van der Waals surface area contributed by atoms with Crippen molar-refractivity contribution >= 4 is 27.9 Å². The topological polar surface area (TPSA) is 52.6 Å². The molecule has 0 heterocycles. The number of hydrogen-bond acceptors (Lipinski definition) is 4. The molecule has 0 saturated heterocycles. The molecule has 0 rings (SSSR count). The van der Waals surface area contributed by atoms with E-state index < -0.39 is 16.3 Å². The van der Waals surface area contributed by atoms with E-state index in [2.05, 4.69) is 15.9 Å². The van der Waals surface area contributed by atoms with E-state index in [-0.39, 0.29) is 19.1 Å². The maximum absolute atomic E-state index is 11.7. The third-order valence-electron chi connectivity index (χ3n) is 1.94. The van der Waals surface area contributed by atoms with Gasteiger partial charge in [-0.25, -0.2) is 9.59 Å². The summed E-state index contributed by atoms with van der Waals surface area (Å²) in [6.07, 6.45) is 0. The van der Waals surface area contributed by atoms with Crippen LogP contribution < -0.4 is 0 Å². The van der Waals surface area contributed by atoms with E-state index in [4.69, 9.17) is 9.47 Å². The Kier molecular flexibility index (Phi) is 5.87. The van der Waals surface area contributed by atoms with Gasteiger partial charge in [-0.2, -0.15) is 0 Å². The number of ether oxygens (including phenoxy) is 2. The Balaban J connectivity index is 4.88. The van der Waals surface area contributed by atoms with Gasteiger partial charge in [-0.3, -0.25) is 0 Å². The summed E-state index contributed by atoms with van der Waals surface area (Å²) < 4.78 is 8.31. The van der Waals surface area contributed by atoms with Crippen molar-refractivity contribution in [2.45, 2.75) is 32.0 Å². The Morgan fingerprint density at radius 2 is 1.47 bits per heavy atom. The minimum Gasteiger partial charge on any atom is -0.464 e. The minimum absolute atomic E-state index is 0.234. The maximum Gasteiger partial charge on any atom is 0.334 e. The fraction of sp³-hybridized carbons (Fsp3) is 0.800. The summed E-state index contributed by atoms with van der Waals surface area (Å²) in [5.74, 6) is -1.44. The van der Waals surface area contributed by atoms with E-state index in [0.717, 1.165) is 0 Å². The molecule has 0 unspecified atom stereocenters. The molecule has 88 valence electrons. The Hall–Kier alpha value is -0.580. The summed E-state index contributed by atoms with van der Waals surface area (Å²) >= 11 is 3.13. The zero-order valence-corrected chi connectivity index (χ0v) is 11.1. The molecule has 0 fully saturated rings. The van der Waals surface area contributed by atoms with Crippen molar-refractivity contribution in [2.75, 3.05) is 13.2 Å². The molecule has 0 bridgehead atoms. The van der Waals surface area contributed by atoms with Gasteiger partial charge in [0.2, 0.25) is 4.32 Å². The Labute approximate surface area is 98.4 Å². The number of hydrogen-bond donors (Lipinski definition) is 0. The molecule has 0 spiro atoms. The third-order valence-corrected chi connectivity index (χ3v) is 3.50. The van der Waals surface area contributed by atoms with Gasteiger partial charge in [0.05, 0.1) is 13.2 Å². The minimum atomic E-state index is -1.39. The van der Waals surface area contributed by atoms with Gasteiger partial charge in [0.25, 0.3) is 0 Å². The molecular weight excluding hydrogens is 264 g/mol. The Morgan fingerprint density at radius 3 is 1.67 bits per heavy atom. The molecule has 5 heteroatoms. The molecule has 0 aromatic rings. The lowest BCUT2D eigenvalue weighted by Crippen LogP contribution is -2.47. The first-order valence-electron chi connectivity index (χ1n) is 4.94. The van der Waals surface area contributed by atoms with Gasteiger partial charge < -0.3 is 9.47 Å². The van der Waals surface area contributed by atoms with Crippen LogP contribution in [0.25, 0.3) is 0 Å². The molecular formula is C10H17BrO4. The van der Waals surface area contributed by atoms with E-state index >= 15 is 0 Å². The van der Waals surface area contributed by atoms with Crippen LogP contribution in [0.5, 0.6) is 0 Å². The van der Waals surface area contributed by atoms with Crippen molar-refractivity contribution < 1.29 is 19.1 Å². The molecule has 4 nitrogen and oxygen atoms in total. The molecule has 15 heavy (non-hydrogen) atoms. The molecule has 0 N–H and O–H groups in total. The van der Waals surface area contributed by atoms with E-state index in [0.29, 0.717) is 0 Å². The molecule has 0 radical (unpaired) electrons. The maximum atomic E-state index is 11.7. The normalized spacial score (nSPS) is 11.3. The molecule has 0 aliphatic rings. The predicted molar refractivity (Wildman–Crippen MR) is 59.8 cm³/mol. The van der Waals surface area contributed by atoms with Crippen LogP contribution in [0.1, 0.15) is 27.7 Å². The van der Waals surface area contributed by atoms with Gasteiger partial charge in [0.15, 0.2) is 0 Å². The van der Waals surface area contributed by atoms with Gasteiger partial charge in [-0.05, 0) is 19.8 Å². The van der Waals surface area contributed by atoms with E-state index in [1.165, 1.54) is 0 Å². The molecule has 0 saturated carbocycles. The summed E-state index contributed by atoms with van der Waals surface area (Å²) in [5.41, 5.74) is 0. The zero-order valence-electron chi connectivity index (χ0n) is 9.50. The highest BCUT2D eigenvalue weighted by Gasteiger charge is 2.49. The quantitative estimate of drug-likeness (QED) is 0.439.